The van der Waals surface area contributed by atoms with Crippen LogP contribution in [0.25, 0.3) is 0 Å². The van der Waals surface area contributed by atoms with Gasteiger partial charge in [0.25, 0.3) is 5.91 Å². The Bertz CT molecular complexity index is 730. The SMILES string of the molecule is Cc1ccc(OCCCCNC(=O)CCNC(=O)c2ccc(Br)cc2)cc1. The first-order valence-electron chi connectivity index (χ1n) is 9.04. The molecule has 2 N–H and O–H groups in total. The highest BCUT2D eigenvalue weighted by atomic mass is 79.9. The quantitative estimate of drug-likeness (QED) is 0.560. The molecule has 2 aromatic rings. The van der Waals surface area contributed by atoms with Crippen LogP contribution in [-0.4, -0.2) is 31.5 Å². The molecule has 0 saturated heterocycles. The Labute approximate surface area is 168 Å². The van der Waals surface area contributed by atoms with Gasteiger partial charge in [-0.15, -0.1) is 0 Å². The van der Waals surface area contributed by atoms with E-state index in [-0.39, 0.29) is 18.2 Å². The molecule has 0 aliphatic carbocycles. The highest BCUT2D eigenvalue weighted by Gasteiger charge is 2.06. The van der Waals surface area contributed by atoms with E-state index in [4.69, 9.17) is 4.74 Å². The number of ether oxygens (including phenoxy) is 1. The zero-order valence-corrected chi connectivity index (χ0v) is 17.1. The number of hydrogen-bond acceptors (Lipinski definition) is 3. The van der Waals surface area contributed by atoms with Crippen molar-refractivity contribution < 1.29 is 14.3 Å². The van der Waals surface area contributed by atoms with E-state index in [9.17, 15) is 9.59 Å². The summed E-state index contributed by atoms with van der Waals surface area (Å²) < 4.78 is 6.56. The highest BCUT2D eigenvalue weighted by molar-refractivity contribution is 9.10. The molecule has 144 valence electrons. The summed E-state index contributed by atoms with van der Waals surface area (Å²) in [6.07, 6.45) is 1.99. The summed E-state index contributed by atoms with van der Waals surface area (Å²) in [4.78, 5) is 23.7. The van der Waals surface area contributed by atoms with Crippen LogP contribution < -0.4 is 15.4 Å². The summed E-state index contributed by atoms with van der Waals surface area (Å²) in [6, 6.07) is 15.0. The molecule has 0 saturated carbocycles. The van der Waals surface area contributed by atoms with Crippen LogP contribution in [0.4, 0.5) is 0 Å². The Morgan fingerprint density at radius 1 is 0.926 bits per heavy atom. The standard InChI is InChI=1S/C21H25BrN2O3/c1-16-4-10-19(11-5-16)27-15-3-2-13-23-20(25)12-14-24-21(26)17-6-8-18(22)9-7-17/h4-11H,2-3,12-15H2,1H3,(H,23,25)(H,24,26). The smallest absolute Gasteiger partial charge is 0.251 e. The van der Waals surface area contributed by atoms with Gasteiger partial charge in [0.1, 0.15) is 5.75 Å². The molecule has 5 nitrogen and oxygen atoms in total. The lowest BCUT2D eigenvalue weighted by Gasteiger charge is -2.08. The Balaban J connectivity index is 1.50. The number of amides is 2. The van der Waals surface area contributed by atoms with E-state index in [2.05, 4.69) is 26.6 Å². The molecule has 0 unspecified atom stereocenters. The first kappa shape index (κ1) is 21.0. The second-order valence-electron chi connectivity index (χ2n) is 6.23. The minimum atomic E-state index is -0.177. The molecule has 2 aromatic carbocycles. The van der Waals surface area contributed by atoms with Crippen LogP contribution in [0.5, 0.6) is 5.75 Å². The molecule has 2 rings (SSSR count). The molecule has 27 heavy (non-hydrogen) atoms. The fourth-order valence-corrected chi connectivity index (χ4v) is 2.62. The van der Waals surface area contributed by atoms with Gasteiger partial charge in [0.15, 0.2) is 0 Å². The van der Waals surface area contributed by atoms with E-state index < -0.39 is 0 Å². The monoisotopic (exact) mass is 432 g/mol. The van der Waals surface area contributed by atoms with Crippen LogP contribution in [0.1, 0.15) is 35.2 Å². The van der Waals surface area contributed by atoms with Gasteiger partial charge < -0.3 is 15.4 Å². The van der Waals surface area contributed by atoms with Crippen molar-refractivity contribution in [3.05, 3.63) is 64.1 Å². The third-order valence-corrected chi connectivity index (χ3v) is 4.46. The molecule has 2 amide bonds. The average molecular weight is 433 g/mol. The van der Waals surface area contributed by atoms with Crippen molar-refractivity contribution in [3.63, 3.8) is 0 Å². The predicted molar refractivity (Wildman–Crippen MR) is 110 cm³/mol. The molecule has 0 aliphatic heterocycles. The third-order valence-electron chi connectivity index (χ3n) is 3.93. The minimum Gasteiger partial charge on any atom is -0.494 e. The van der Waals surface area contributed by atoms with Crippen LogP contribution in [-0.2, 0) is 4.79 Å². The van der Waals surface area contributed by atoms with Crippen molar-refractivity contribution in [2.24, 2.45) is 0 Å². The van der Waals surface area contributed by atoms with Crippen molar-refractivity contribution >= 4 is 27.7 Å². The van der Waals surface area contributed by atoms with Gasteiger partial charge in [-0.1, -0.05) is 33.6 Å². The van der Waals surface area contributed by atoms with Gasteiger partial charge in [-0.05, 0) is 56.2 Å². The lowest BCUT2D eigenvalue weighted by Crippen LogP contribution is -2.31. The lowest BCUT2D eigenvalue weighted by atomic mass is 10.2. The highest BCUT2D eigenvalue weighted by Crippen LogP contribution is 2.12. The maximum absolute atomic E-state index is 11.9. The van der Waals surface area contributed by atoms with Crippen LogP contribution >= 0.6 is 15.9 Å². The summed E-state index contributed by atoms with van der Waals surface area (Å²) in [7, 11) is 0. The van der Waals surface area contributed by atoms with Crippen molar-refractivity contribution in [1.82, 2.24) is 10.6 Å². The molecule has 6 heteroatoms. The number of nitrogens with one attached hydrogen (secondary N) is 2. The molecular formula is C21H25BrN2O3. The van der Waals surface area contributed by atoms with Gasteiger partial charge >= 0.3 is 0 Å². The predicted octanol–water partition coefficient (Wildman–Crippen LogP) is 3.85. The second-order valence-corrected chi connectivity index (χ2v) is 7.15. The summed E-state index contributed by atoms with van der Waals surface area (Å²) in [5, 5.41) is 5.60. The van der Waals surface area contributed by atoms with E-state index in [0.29, 0.717) is 25.3 Å². The van der Waals surface area contributed by atoms with Crippen molar-refractivity contribution in [2.75, 3.05) is 19.7 Å². The maximum atomic E-state index is 11.9. The van der Waals surface area contributed by atoms with Crippen LogP contribution in [0, 0.1) is 6.92 Å². The maximum Gasteiger partial charge on any atom is 0.251 e. The number of benzene rings is 2. The minimum absolute atomic E-state index is 0.0643. The van der Waals surface area contributed by atoms with E-state index in [1.54, 1.807) is 12.1 Å². The Morgan fingerprint density at radius 2 is 1.63 bits per heavy atom. The number of carbonyl (C=O) groups is 2. The lowest BCUT2D eigenvalue weighted by molar-refractivity contribution is -0.120. The van der Waals surface area contributed by atoms with E-state index in [0.717, 1.165) is 23.1 Å². The zero-order chi connectivity index (χ0) is 19.5. The number of hydrogen-bond donors (Lipinski definition) is 2. The number of aryl methyl sites for hydroxylation is 1. The van der Waals surface area contributed by atoms with Crippen molar-refractivity contribution in [3.8, 4) is 5.75 Å². The molecule has 0 fully saturated rings. The molecule has 0 spiro atoms. The number of carbonyl (C=O) groups excluding carboxylic acids is 2. The number of rotatable bonds is 10. The van der Waals surface area contributed by atoms with Crippen molar-refractivity contribution in [2.45, 2.75) is 26.2 Å². The van der Waals surface area contributed by atoms with Gasteiger partial charge in [-0.25, -0.2) is 0 Å². The summed E-state index contributed by atoms with van der Waals surface area (Å²) in [6.45, 7) is 3.59. The van der Waals surface area contributed by atoms with Gasteiger partial charge in [0.2, 0.25) is 5.91 Å². The summed E-state index contributed by atoms with van der Waals surface area (Å²) in [5.74, 6) is 0.625. The fourth-order valence-electron chi connectivity index (χ4n) is 2.36. The first-order chi connectivity index (χ1) is 13.0. The normalized spacial score (nSPS) is 10.3. The van der Waals surface area contributed by atoms with E-state index >= 15 is 0 Å². The molecule has 0 radical (unpaired) electrons. The molecule has 0 heterocycles. The molecule has 0 aromatic heterocycles. The Kier molecular flexibility index (Phi) is 8.84. The molecular weight excluding hydrogens is 408 g/mol. The van der Waals surface area contributed by atoms with Crippen LogP contribution in [0.2, 0.25) is 0 Å². The Morgan fingerprint density at radius 3 is 2.33 bits per heavy atom. The van der Waals surface area contributed by atoms with Crippen LogP contribution in [0.3, 0.4) is 0 Å². The first-order valence-corrected chi connectivity index (χ1v) is 9.84. The zero-order valence-electron chi connectivity index (χ0n) is 15.5. The molecule has 0 bridgehead atoms. The summed E-state index contributed by atoms with van der Waals surface area (Å²) >= 11 is 3.33. The average Bonchev–Trinajstić information content (AvgIpc) is 2.66. The fraction of sp³-hybridized carbons (Fsp3) is 0.333. The van der Waals surface area contributed by atoms with Crippen molar-refractivity contribution in [1.29, 1.82) is 0 Å². The van der Waals surface area contributed by atoms with Gasteiger partial charge in [0, 0.05) is 29.5 Å². The van der Waals surface area contributed by atoms with Gasteiger partial charge in [-0.3, -0.25) is 9.59 Å². The largest absolute Gasteiger partial charge is 0.494 e. The molecule has 0 aliphatic rings. The number of unbranched alkanes of at least 4 members (excludes halogenated alkanes) is 1. The topological polar surface area (TPSA) is 67.4 Å². The second kappa shape index (κ2) is 11.4. The number of halogens is 1. The van der Waals surface area contributed by atoms with Gasteiger partial charge in [-0.2, -0.15) is 0 Å². The van der Waals surface area contributed by atoms with Gasteiger partial charge in [0.05, 0.1) is 6.61 Å². The van der Waals surface area contributed by atoms with E-state index in [1.807, 2.05) is 43.3 Å². The Hall–Kier alpha value is -2.34. The van der Waals surface area contributed by atoms with Crippen LogP contribution in [0.15, 0.2) is 53.0 Å². The third kappa shape index (κ3) is 8.26. The van der Waals surface area contributed by atoms with E-state index in [1.165, 1.54) is 5.56 Å². The molecule has 0 atom stereocenters. The summed E-state index contributed by atoms with van der Waals surface area (Å²) in [5.41, 5.74) is 1.78.